The molecule has 27 heavy (non-hydrogen) atoms. The molecule has 2 atom stereocenters. The summed E-state index contributed by atoms with van der Waals surface area (Å²) < 4.78 is 38.1. The number of hydrogen-bond acceptors (Lipinski definition) is 4. The van der Waals surface area contributed by atoms with Gasteiger partial charge >= 0.3 is 0 Å². The van der Waals surface area contributed by atoms with Crippen LogP contribution in [0.1, 0.15) is 10.4 Å². The maximum atomic E-state index is 14.0. The zero-order valence-corrected chi connectivity index (χ0v) is 16.3. The number of nitrogens with zero attached hydrogens (tertiary/aromatic N) is 2. The van der Waals surface area contributed by atoms with Crippen LogP contribution in [-0.2, 0) is 9.84 Å². The van der Waals surface area contributed by atoms with Crippen LogP contribution < -0.4 is 4.90 Å². The van der Waals surface area contributed by atoms with Gasteiger partial charge in [0.15, 0.2) is 15.0 Å². The number of carbonyl (C=O) groups is 1. The largest absolute Gasteiger partial charge is 0.315 e. The Morgan fingerprint density at radius 3 is 2.63 bits per heavy atom. The highest BCUT2D eigenvalue weighted by molar-refractivity contribution is 8.16. The second kappa shape index (κ2) is 6.92. The van der Waals surface area contributed by atoms with Crippen LogP contribution in [0, 0.1) is 5.82 Å². The van der Waals surface area contributed by atoms with E-state index in [1.54, 1.807) is 41.3 Å². The van der Waals surface area contributed by atoms with Crippen molar-refractivity contribution in [2.24, 2.45) is 4.99 Å². The summed E-state index contributed by atoms with van der Waals surface area (Å²) in [5, 5.41) is 0.0894. The van der Waals surface area contributed by atoms with E-state index < -0.39 is 27.6 Å². The first-order valence-electron chi connectivity index (χ1n) is 8.13. The standard InChI is InChI=1S/C18H14ClFN2O3S2/c19-13-7-6-12(8-14(13)20)22-15-9-27(24,25)10-16(15)26-18(22)21-17(23)11-4-2-1-3-5-11/h1-8,15-16H,9-10H2/t15-,16-/m1/s1. The molecule has 0 spiro atoms. The lowest BCUT2D eigenvalue weighted by molar-refractivity contribution is 0.100. The van der Waals surface area contributed by atoms with Crippen LogP contribution >= 0.6 is 23.4 Å². The Bertz CT molecular complexity index is 1040. The first kappa shape index (κ1) is 18.5. The molecule has 0 aliphatic carbocycles. The monoisotopic (exact) mass is 424 g/mol. The SMILES string of the molecule is O=C(N=C1S[C@@H]2CS(=O)(=O)C[C@H]2N1c1ccc(Cl)c(F)c1)c1ccccc1. The number of sulfone groups is 1. The Kier molecular flexibility index (Phi) is 4.73. The molecule has 2 aliphatic rings. The minimum atomic E-state index is -3.19. The van der Waals surface area contributed by atoms with Crippen molar-refractivity contribution in [3.05, 3.63) is 64.9 Å². The number of rotatable bonds is 2. The van der Waals surface area contributed by atoms with Gasteiger partial charge in [-0.15, -0.1) is 0 Å². The molecule has 2 saturated heterocycles. The van der Waals surface area contributed by atoms with Gasteiger partial charge in [-0.05, 0) is 30.3 Å². The van der Waals surface area contributed by atoms with Crippen LogP contribution in [0.4, 0.5) is 10.1 Å². The van der Waals surface area contributed by atoms with Crippen molar-refractivity contribution in [3.63, 3.8) is 0 Å². The Hall–Kier alpha value is -1.90. The number of carbonyl (C=O) groups excluding carboxylic acids is 1. The number of amidine groups is 1. The highest BCUT2D eigenvalue weighted by Crippen LogP contribution is 2.41. The van der Waals surface area contributed by atoms with Crippen LogP contribution in [0.25, 0.3) is 0 Å². The van der Waals surface area contributed by atoms with Gasteiger partial charge in [0.2, 0.25) is 0 Å². The Morgan fingerprint density at radius 1 is 1.19 bits per heavy atom. The highest BCUT2D eigenvalue weighted by Gasteiger charge is 2.49. The fraction of sp³-hybridized carbons (Fsp3) is 0.222. The molecule has 1 amide bonds. The summed E-state index contributed by atoms with van der Waals surface area (Å²) in [6.07, 6.45) is 0. The smallest absolute Gasteiger partial charge is 0.279 e. The second-order valence-electron chi connectivity index (χ2n) is 6.33. The molecule has 2 aromatic rings. The van der Waals surface area contributed by atoms with E-state index in [9.17, 15) is 17.6 Å². The van der Waals surface area contributed by atoms with Gasteiger partial charge in [-0.1, -0.05) is 41.6 Å². The lowest BCUT2D eigenvalue weighted by atomic mass is 10.2. The highest BCUT2D eigenvalue weighted by atomic mass is 35.5. The summed E-state index contributed by atoms with van der Waals surface area (Å²) in [5.41, 5.74) is 0.853. The van der Waals surface area contributed by atoms with Gasteiger partial charge in [-0.2, -0.15) is 4.99 Å². The third-order valence-corrected chi connectivity index (χ3v) is 7.98. The van der Waals surface area contributed by atoms with Gasteiger partial charge in [-0.3, -0.25) is 4.79 Å². The van der Waals surface area contributed by atoms with E-state index in [0.29, 0.717) is 16.4 Å². The minimum Gasteiger partial charge on any atom is -0.315 e. The fourth-order valence-corrected chi connectivity index (χ4v) is 7.26. The molecule has 0 N–H and O–H groups in total. The quantitative estimate of drug-likeness (QED) is 0.739. The third kappa shape index (κ3) is 3.61. The molecule has 0 bridgehead atoms. The molecule has 2 aromatic carbocycles. The zero-order valence-electron chi connectivity index (χ0n) is 13.9. The van der Waals surface area contributed by atoms with Gasteiger partial charge in [0.1, 0.15) is 5.82 Å². The fourth-order valence-electron chi connectivity index (χ4n) is 3.23. The maximum absolute atomic E-state index is 14.0. The van der Waals surface area contributed by atoms with Crippen molar-refractivity contribution >= 4 is 50.0 Å². The average molecular weight is 425 g/mol. The normalized spacial score (nSPS) is 25.0. The van der Waals surface area contributed by atoms with E-state index in [1.807, 2.05) is 0 Å². The zero-order chi connectivity index (χ0) is 19.2. The second-order valence-corrected chi connectivity index (χ2v) is 10.1. The number of benzene rings is 2. The minimum absolute atomic E-state index is 0.00739. The molecule has 140 valence electrons. The molecule has 2 heterocycles. The van der Waals surface area contributed by atoms with Crippen molar-refractivity contribution < 1.29 is 17.6 Å². The van der Waals surface area contributed by atoms with Crippen LogP contribution in [0.15, 0.2) is 53.5 Å². The topological polar surface area (TPSA) is 66.8 Å². The molecule has 5 nitrogen and oxygen atoms in total. The summed E-state index contributed by atoms with van der Waals surface area (Å²) in [7, 11) is -3.19. The van der Waals surface area contributed by atoms with E-state index in [1.165, 1.54) is 23.9 Å². The molecule has 9 heteroatoms. The van der Waals surface area contributed by atoms with E-state index >= 15 is 0 Å². The molecular weight excluding hydrogens is 411 g/mol. The van der Waals surface area contributed by atoms with Crippen molar-refractivity contribution in [2.45, 2.75) is 11.3 Å². The first-order valence-corrected chi connectivity index (χ1v) is 11.2. The molecule has 0 unspecified atom stereocenters. The number of aliphatic imine (C=N–C) groups is 1. The number of fused-ring (bicyclic) bond motifs is 1. The summed E-state index contributed by atoms with van der Waals surface area (Å²) >= 11 is 7.01. The summed E-state index contributed by atoms with van der Waals surface area (Å²) in [5.74, 6) is -1.10. The van der Waals surface area contributed by atoms with E-state index in [2.05, 4.69) is 4.99 Å². The number of anilines is 1. The van der Waals surface area contributed by atoms with Gasteiger partial charge in [0, 0.05) is 16.5 Å². The molecule has 0 saturated carbocycles. The number of halogens is 2. The maximum Gasteiger partial charge on any atom is 0.279 e. The molecule has 2 fully saturated rings. The molecule has 4 rings (SSSR count). The average Bonchev–Trinajstić information content (AvgIpc) is 3.09. The van der Waals surface area contributed by atoms with Crippen LogP contribution in [0.2, 0.25) is 5.02 Å². The Balaban J connectivity index is 1.75. The van der Waals surface area contributed by atoms with Crippen LogP contribution in [-0.4, -0.2) is 42.3 Å². The first-order chi connectivity index (χ1) is 12.8. The van der Waals surface area contributed by atoms with Gasteiger partial charge in [0.05, 0.1) is 22.6 Å². The molecular formula is C18H14ClFN2O3S2. The molecule has 0 radical (unpaired) electrons. The predicted octanol–water partition coefficient (Wildman–Crippen LogP) is 3.39. The summed E-state index contributed by atoms with van der Waals surface area (Å²) in [6, 6.07) is 12.4. The number of amides is 1. The van der Waals surface area contributed by atoms with Gasteiger partial charge in [-0.25, -0.2) is 12.8 Å². The third-order valence-electron chi connectivity index (χ3n) is 4.47. The van der Waals surface area contributed by atoms with Crippen LogP contribution in [0.3, 0.4) is 0 Å². The molecule has 0 aromatic heterocycles. The summed E-state index contributed by atoms with van der Waals surface area (Å²) in [4.78, 5) is 18.3. The Morgan fingerprint density at radius 2 is 1.93 bits per heavy atom. The van der Waals surface area contributed by atoms with E-state index in [0.717, 1.165) is 0 Å². The summed E-state index contributed by atoms with van der Waals surface area (Å²) in [6.45, 7) is 0. The number of thioether (sulfide) groups is 1. The van der Waals surface area contributed by atoms with Gasteiger partial charge < -0.3 is 4.90 Å². The number of hydrogen-bond donors (Lipinski definition) is 0. The van der Waals surface area contributed by atoms with Gasteiger partial charge in [0.25, 0.3) is 5.91 Å². The Labute approximate surface area is 165 Å². The lowest BCUT2D eigenvalue weighted by Crippen LogP contribution is -2.37. The van der Waals surface area contributed by atoms with Crippen molar-refractivity contribution in [3.8, 4) is 0 Å². The van der Waals surface area contributed by atoms with Crippen molar-refractivity contribution in [1.82, 2.24) is 0 Å². The lowest BCUT2D eigenvalue weighted by Gasteiger charge is -2.24. The van der Waals surface area contributed by atoms with Crippen molar-refractivity contribution in [1.29, 1.82) is 0 Å². The molecule has 2 aliphatic heterocycles. The van der Waals surface area contributed by atoms with E-state index in [-0.39, 0.29) is 21.8 Å². The van der Waals surface area contributed by atoms with Crippen LogP contribution in [0.5, 0.6) is 0 Å². The predicted molar refractivity (Wildman–Crippen MR) is 106 cm³/mol. The van der Waals surface area contributed by atoms with E-state index in [4.69, 9.17) is 11.6 Å². The van der Waals surface area contributed by atoms with Crippen molar-refractivity contribution in [2.75, 3.05) is 16.4 Å².